The minimum Gasteiger partial charge on any atom is -0.399 e. The topological polar surface area (TPSA) is 29.3 Å². The Labute approximate surface area is 115 Å². The van der Waals surface area contributed by atoms with E-state index in [1.54, 1.807) is 0 Å². The zero-order chi connectivity index (χ0) is 13.7. The largest absolute Gasteiger partial charge is 0.399 e. The summed E-state index contributed by atoms with van der Waals surface area (Å²) in [6.07, 6.45) is 3.27. The highest BCUT2D eigenvalue weighted by molar-refractivity contribution is 5.43. The third kappa shape index (κ3) is 4.11. The number of rotatable bonds is 5. The maximum absolute atomic E-state index is 5.83. The Hall–Kier alpha value is -1.80. The second-order valence-corrected chi connectivity index (χ2v) is 5.06. The molecule has 0 heterocycles. The smallest absolute Gasteiger partial charge is 0.0316 e. The highest BCUT2D eigenvalue weighted by Gasteiger charge is 2.13. The van der Waals surface area contributed by atoms with Gasteiger partial charge in [-0.25, -0.2) is 0 Å². The van der Waals surface area contributed by atoms with Crippen molar-refractivity contribution >= 4 is 5.69 Å². The molecule has 2 rings (SSSR count). The summed E-state index contributed by atoms with van der Waals surface area (Å²) in [6.45, 7) is 0. The SMILES string of the molecule is CN(C)C([CH]c1cccc(N)c1)Cc1ccccc1. The zero-order valence-electron chi connectivity index (χ0n) is 11.6. The fourth-order valence-corrected chi connectivity index (χ4v) is 2.13. The van der Waals surface area contributed by atoms with Crippen LogP contribution in [0.1, 0.15) is 11.1 Å². The molecule has 0 saturated carbocycles. The van der Waals surface area contributed by atoms with E-state index >= 15 is 0 Å². The van der Waals surface area contributed by atoms with E-state index in [0.717, 1.165) is 12.1 Å². The lowest BCUT2D eigenvalue weighted by molar-refractivity contribution is 0.328. The number of anilines is 1. The van der Waals surface area contributed by atoms with Gasteiger partial charge in [0, 0.05) is 18.2 Å². The minimum absolute atomic E-state index is 0.365. The van der Waals surface area contributed by atoms with Crippen LogP contribution in [-0.4, -0.2) is 25.0 Å². The lowest BCUT2D eigenvalue weighted by Crippen LogP contribution is -2.30. The van der Waals surface area contributed by atoms with Crippen molar-refractivity contribution in [2.75, 3.05) is 19.8 Å². The molecule has 0 bridgehead atoms. The zero-order valence-corrected chi connectivity index (χ0v) is 11.6. The Morgan fingerprint density at radius 3 is 2.42 bits per heavy atom. The highest BCUT2D eigenvalue weighted by Crippen LogP contribution is 2.16. The first-order valence-corrected chi connectivity index (χ1v) is 6.56. The van der Waals surface area contributed by atoms with E-state index in [-0.39, 0.29) is 0 Å². The van der Waals surface area contributed by atoms with Crippen molar-refractivity contribution in [2.24, 2.45) is 0 Å². The van der Waals surface area contributed by atoms with Crippen LogP contribution >= 0.6 is 0 Å². The van der Waals surface area contributed by atoms with Crippen molar-refractivity contribution in [2.45, 2.75) is 12.5 Å². The van der Waals surface area contributed by atoms with E-state index in [1.807, 2.05) is 18.2 Å². The first kappa shape index (κ1) is 13.6. The molecule has 1 unspecified atom stereocenters. The van der Waals surface area contributed by atoms with Crippen molar-refractivity contribution in [1.29, 1.82) is 0 Å². The van der Waals surface area contributed by atoms with Gasteiger partial charge in [0.15, 0.2) is 0 Å². The third-order valence-corrected chi connectivity index (χ3v) is 3.25. The number of nitrogen functional groups attached to an aromatic ring is 1. The molecule has 0 spiro atoms. The molecule has 0 aliphatic rings. The maximum atomic E-state index is 5.83. The normalized spacial score (nSPS) is 12.6. The van der Waals surface area contributed by atoms with Crippen LogP contribution in [0.3, 0.4) is 0 Å². The van der Waals surface area contributed by atoms with Crippen molar-refractivity contribution in [1.82, 2.24) is 4.90 Å². The van der Waals surface area contributed by atoms with Crippen molar-refractivity contribution in [3.8, 4) is 0 Å². The number of likely N-dealkylation sites (N-methyl/N-ethyl adjacent to an activating group) is 1. The molecular formula is C17H21N2. The molecule has 2 heteroatoms. The Bertz CT molecular complexity index is 506. The monoisotopic (exact) mass is 253 g/mol. The number of hydrogen-bond donors (Lipinski definition) is 1. The van der Waals surface area contributed by atoms with E-state index in [4.69, 9.17) is 5.73 Å². The molecule has 0 aliphatic heterocycles. The van der Waals surface area contributed by atoms with Crippen LogP contribution in [0.4, 0.5) is 5.69 Å². The van der Waals surface area contributed by atoms with E-state index in [1.165, 1.54) is 11.1 Å². The summed E-state index contributed by atoms with van der Waals surface area (Å²) in [7, 11) is 4.22. The molecule has 0 amide bonds. The third-order valence-electron chi connectivity index (χ3n) is 3.25. The highest BCUT2D eigenvalue weighted by atomic mass is 15.1. The van der Waals surface area contributed by atoms with Gasteiger partial charge in [-0.05, 0) is 43.8 Å². The quantitative estimate of drug-likeness (QED) is 0.830. The van der Waals surface area contributed by atoms with Crippen molar-refractivity contribution in [3.05, 3.63) is 72.1 Å². The van der Waals surface area contributed by atoms with E-state index in [0.29, 0.717) is 6.04 Å². The van der Waals surface area contributed by atoms with Gasteiger partial charge in [0.2, 0.25) is 0 Å². The molecule has 99 valence electrons. The van der Waals surface area contributed by atoms with Crippen LogP contribution in [0.25, 0.3) is 0 Å². The lowest BCUT2D eigenvalue weighted by atomic mass is 9.98. The lowest BCUT2D eigenvalue weighted by Gasteiger charge is -2.24. The fraction of sp³-hybridized carbons (Fsp3) is 0.235. The summed E-state index contributed by atoms with van der Waals surface area (Å²) in [5, 5.41) is 0. The Morgan fingerprint density at radius 1 is 1.05 bits per heavy atom. The van der Waals surface area contributed by atoms with E-state index in [9.17, 15) is 0 Å². The number of nitrogens with two attached hydrogens (primary N) is 1. The number of hydrogen-bond acceptors (Lipinski definition) is 2. The van der Waals surface area contributed by atoms with Gasteiger partial charge in [0.1, 0.15) is 0 Å². The van der Waals surface area contributed by atoms with Crippen LogP contribution in [0.2, 0.25) is 0 Å². The molecule has 2 aromatic rings. The molecule has 1 radical (unpaired) electrons. The van der Waals surface area contributed by atoms with Crippen molar-refractivity contribution in [3.63, 3.8) is 0 Å². The standard InChI is InChI=1S/C17H21N2/c1-19(2)17(12-14-7-4-3-5-8-14)13-15-9-6-10-16(18)11-15/h3-11,13,17H,12,18H2,1-2H3. The van der Waals surface area contributed by atoms with Gasteiger partial charge in [0.25, 0.3) is 0 Å². The Kier molecular flexibility index (Phi) is 4.58. The molecule has 0 aliphatic carbocycles. The summed E-state index contributed by atoms with van der Waals surface area (Å²) < 4.78 is 0. The van der Waals surface area contributed by atoms with Crippen LogP contribution < -0.4 is 5.73 Å². The molecule has 19 heavy (non-hydrogen) atoms. The average molecular weight is 253 g/mol. The van der Waals surface area contributed by atoms with Gasteiger partial charge in [-0.3, -0.25) is 0 Å². The molecule has 2 aromatic carbocycles. The molecular weight excluding hydrogens is 232 g/mol. The van der Waals surface area contributed by atoms with Gasteiger partial charge < -0.3 is 10.6 Å². The second kappa shape index (κ2) is 6.39. The number of nitrogens with zero attached hydrogens (tertiary/aromatic N) is 1. The molecule has 0 aromatic heterocycles. The molecule has 1 atom stereocenters. The summed E-state index contributed by atoms with van der Waals surface area (Å²) in [5.41, 5.74) is 9.16. The minimum atomic E-state index is 0.365. The predicted octanol–water partition coefficient (Wildman–Crippen LogP) is 2.99. The van der Waals surface area contributed by atoms with Crippen LogP contribution in [0.5, 0.6) is 0 Å². The van der Waals surface area contributed by atoms with Gasteiger partial charge in [0.05, 0.1) is 0 Å². The van der Waals surface area contributed by atoms with Gasteiger partial charge in [-0.1, -0.05) is 42.5 Å². The van der Waals surface area contributed by atoms with Crippen LogP contribution in [0.15, 0.2) is 54.6 Å². The first-order valence-electron chi connectivity index (χ1n) is 6.56. The Morgan fingerprint density at radius 2 is 1.79 bits per heavy atom. The number of benzene rings is 2. The maximum Gasteiger partial charge on any atom is 0.0316 e. The van der Waals surface area contributed by atoms with E-state index < -0.39 is 0 Å². The molecule has 0 fully saturated rings. The van der Waals surface area contributed by atoms with Crippen LogP contribution in [0, 0.1) is 6.42 Å². The van der Waals surface area contributed by atoms with Crippen LogP contribution in [-0.2, 0) is 6.42 Å². The summed E-state index contributed by atoms with van der Waals surface area (Å²) in [4.78, 5) is 2.23. The average Bonchev–Trinajstić information content (AvgIpc) is 2.39. The summed E-state index contributed by atoms with van der Waals surface area (Å²) in [6, 6.07) is 19.0. The van der Waals surface area contributed by atoms with Crippen molar-refractivity contribution < 1.29 is 0 Å². The van der Waals surface area contributed by atoms with Gasteiger partial charge in [-0.2, -0.15) is 0 Å². The van der Waals surface area contributed by atoms with Gasteiger partial charge in [-0.15, -0.1) is 0 Å². The summed E-state index contributed by atoms with van der Waals surface area (Å²) >= 11 is 0. The first-order chi connectivity index (χ1) is 9.15. The van der Waals surface area contributed by atoms with E-state index in [2.05, 4.69) is 61.8 Å². The molecule has 2 nitrogen and oxygen atoms in total. The second-order valence-electron chi connectivity index (χ2n) is 5.06. The molecule has 2 N–H and O–H groups in total. The summed E-state index contributed by atoms with van der Waals surface area (Å²) in [5.74, 6) is 0. The Balaban J connectivity index is 2.08. The molecule has 0 saturated heterocycles. The predicted molar refractivity (Wildman–Crippen MR) is 81.9 cm³/mol. The van der Waals surface area contributed by atoms with Gasteiger partial charge >= 0.3 is 0 Å². The fourth-order valence-electron chi connectivity index (χ4n) is 2.13.